The van der Waals surface area contributed by atoms with Gasteiger partial charge in [-0.25, -0.2) is 4.58 Å². The summed E-state index contributed by atoms with van der Waals surface area (Å²) in [4.78, 5) is 13.1. The first-order chi connectivity index (χ1) is 18.3. The van der Waals surface area contributed by atoms with Crippen molar-refractivity contribution in [3.05, 3.63) is 50.5 Å². The molecule has 1 N–H and O–H groups in total. The molecule has 0 saturated heterocycles. The highest BCUT2D eigenvalue weighted by Gasteiger charge is 2.35. The van der Waals surface area contributed by atoms with E-state index in [1.165, 1.54) is 102 Å². The largest absolute Gasteiger partial charge is 0.468 e. The first-order valence-electron chi connectivity index (χ1n) is 14.6. The van der Waals surface area contributed by atoms with Gasteiger partial charge in [0.2, 0.25) is 5.36 Å². The van der Waals surface area contributed by atoms with E-state index in [4.69, 9.17) is 9.47 Å². The van der Waals surface area contributed by atoms with Crippen LogP contribution in [0.15, 0.2) is 12.1 Å². The molecule has 2 aromatic carbocycles. The van der Waals surface area contributed by atoms with Crippen molar-refractivity contribution in [1.82, 2.24) is 9.89 Å². The van der Waals surface area contributed by atoms with Crippen LogP contribution in [0, 0.1) is 0 Å². The van der Waals surface area contributed by atoms with Gasteiger partial charge >= 0.3 is 0 Å². The van der Waals surface area contributed by atoms with Crippen LogP contribution >= 0.6 is 0 Å². The molecule has 0 fully saturated rings. The average molecular weight is 501 g/mol. The van der Waals surface area contributed by atoms with Crippen molar-refractivity contribution in [2.45, 2.75) is 70.6 Å². The van der Waals surface area contributed by atoms with Gasteiger partial charge in [0.05, 0.1) is 17.9 Å². The van der Waals surface area contributed by atoms with Crippen LogP contribution in [0.5, 0.6) is 11.5 Å². The summed E-state index contributed by atoms with van der Waals surface area (Å²) >= 11 is 0. The summed E-state index contributed by atoms with van der Waals surface area (Å²) in [5.74, 6) is 2.23. The van der Waals surface area contributed by atoms with Gasteiger partial charge in [-0.15, -0.1) is 0 Å². The third kappa shape index (κ3) is 3.91. The Hall–Kier alpha value is -3.02. The molecule has 6 heteroatoms. The fourth-order valence-corrected chi connectivity index (χ4v) is 7.45. The molecule has 0 unspecified atom stereocenters. The van der Waals surface area contributed by atoms with Crippen molar-refractivity contribution < 1.29 is 14.3 Å². The summed E-state index contributed by atoms with van der Waals surface area (Å²) in [5, 5.41) is 6.64. The van der Waals surface area contributed by atoms with Crippen LogP contribution in [0.25, 0.3) is 5.70 Å². The Bertz CT molecular complexity index is 1370. The zero-order chi connectivity index (χ0) is 24.8. The molecule has 0 spiro atoms. The third-order valence-electron chi connectivity index (χ3n) is 9.00. The Morgan fingerprint density at radius 3 is 2.62 bits per heavy atom. The standard InChI is InChI=1S/C31H37N3O3/c35-20-36-17-3-1-2-12-32-27-25-18-21-8-4-13-33-15-6-10-23(28(21)33)30(25)37-31-24-11-7-16-34-14-5-9-22(29(24)34)19-26(27)31/h18-20H,1-17H2/p+1. The van der Waals surface area contributed by atoms with E-state index in [9.17, 15) is 4.79 Å². The Kier molecular flexibility index (Phi) is 6.06. The van der Waals surface area contributed by atoms with Crippen LogP contribution in [-0.4, -0.2) is 45.8 Å². The minimum Gasteiger partial charge on any atom is -0.468 e. The van der Waals surface area contributed by atoms with Crippen LogP contribution < -0.4 is 30.1 Å². The second kappa shape index (κ2) is 9.70. The molecule has 7 rings (SSSR count). The number of rotatable bonds is 8. The molecule has 0 radical (unpaired) electrons. The van der Waals surface area contributed by atoms with Gasteiger partial charge in [0, 0.05) is 60.1 Å². The van der Waals surface area contributed by atoms with Crippen molar-refractivity contribution in [3.63, 3.8) is 0 Å². The summed E-state index contributed by atoms with van der Waals surface area (Å²) in [6, 6.07) is 4.90. The molecule has 0 aromatic heterocycles. The molecule has 6 nitrogen and oxygen atoms in total. The van der Waals surface area contributed by atoms with Crippen molar-refractivity contribution >= 4 is 17.9 Å². The maximum Gasteiger partial charge on any atom is 0.293 e. The number of carbonyl (C=O) groups excluding carboxylic acids is 1. The van der Waals surface area contributed by atoms with E-state index in [0.717, 1.165) is 63.0 Å². The van der Waals surface area contributed by atoms with Crippen molar-refractivity contribution in [3.8, 4) is 11.5 Å². The predicted octanol–water partition coefficient (Wildman–Crippen LogP) is 2.96. The average Bonchev–Trinajstić information content (AvgIpc) is 2.93. The van der Waals surface area contributed by atoms with Crippen LogP contribution in [0.3, 0.4) is 0 Å². The second-order valence-corrected chi connectivity index (χ2v) is 11.3. The number of fused-ring (bicyclic) bond motifs is 4. The van der Waals surface area contributed by atoms with E-state index in [2.05, 4.69) is 26.9 Å². The normalized spacial score (nSPS) is 18.8. The summed E-state index contributed by atoms with van der Waals surface area (Å²) in [5.41, 5.74) is 9.89. The van der Waals surface area contributed by atoms with E-state index >= 15 is 0 Å². The fraction of sp³-hybridized carbons (Fsp3) is 0.548. The number of unbranched alkanes of at least 4 members (excludes halogenated alkanes) is 2. The predicted molar refractivity (Wildman–Crippen MR) is 145 cm³/mol. The van der Waals surface area contributed by atoms with Gasteiger partial charge in [0.15, 0.2) is 0 Å². The molecule has 194 valence electrons. The summed E-state index contributed by atoms with van der Waals surface area (Å²) < 4.78 is 14.5. The van der Waals surface area contributed by atoms with E-state index in [-0.39, 0.29) is 0 Å². The summed E-state index contributed by atoms with van der Waals surface area (Å²) in [7, 11) is 0. The Morgan fingerprint density at radius 1 is 0.919 bits per heavy atom. The van der Waals surface area contributed by atoms with E-state index in [1.807, 2.05) is 0 Å². The highest BCUT2D eigenvalue weighted by atomic mass is 16.5. The lowest BCUT2D eigenvalue weighted by Gasteiger charge is -2.39. The molecule has 0 saturated carbocycles. The van der Waals surface area contributed by atoms with Crippen LogP contribution in [0.2, 0.25) is 0 Å². The zero-order valence-electron chi connectivity index (χ0n) is 21.9. The number of anilines is 1. The fourth-order valence-electron chi connectivity index (χ4n) is 7.45. The van der Waals surface area contributed by atoms with Crippen molar-refractivity contribution in [2.24, 2.45) is 0 Å². The van der Waals surface area contributed by atoms with Gasteiger partial charge in [-0.2, -0.15) is 0 Å². The maximum atomic E-state index is 10.4. The van der Waals surface area contributed by atoms with Gasteiger partial charge in [-0.3, -0.25) is 4.79 Å². The number of carbonyl (C=O) groups is 1. The first kappa shape index (κ1) is 23.1. The molecule has 0 amide bonds. The van der Waals surface area contributed by atoms with Gasteiger partial charge < -0.3 is 19.7 Å². The van der Waals surface area contributed by atoms with Crippen LogP contribution in [0.1, 0.15) is 72.8 Å². The second-order valence-electron chi connectivity index (χ2n) is 11.3. The SMILES string of the molecule is O=COCCCCCNC1=c2cc3c4c(c2Oc2c1cc1c5c2CCCN5CCC1)CCC[N+]=4CCC3. The number of hydrogen-bond donors (Lipinski definition) is 1. The Morgan fingerprint density at radius 2 is 1.73 bits per heavy atom. The molecule has 0 bridgehead atoms. The lowest BCUT2D eigenvalue weighted by atomic mass is 9.86. The smallest absolute Gasteiger partial charge is 0.293 e. The summed E-state index contributed by atoms with van der Waals surface area (Å²) in [6.45, 7) is 6.66. The highest BCUT2D eigenvalue weighted by Crippen LogP contribution is 2.46. The van der Waals surface area contributed by atoms with E-state index < -0.39 is 0 Å². The number of hydrogen-bond acceptors (Lipinski definition) is 5. The van der Waals surface area contributed by atoms with Gasteiger partial charge in [-0.1, -0.05) is 0 Å². The lowest BCUT2D eigenvalue weighted by Crippen LogP contribution is -2.45. The first-order valence-corrected chi connectivity index (χ1v) is 14.6. The van der Waals surface area contributed by atoms with Gasteiger partial charge in [0.25, 0.3) is 6.47 Å². The molecule has 0 atom stereocenters. The molecule has 0 aliphatic carbocycles. The monoisotopic (exact) mass is 500 g/mol. The molecule has 2 aromatic rings. The Labute approximate surface area is 219 Å². The Balaban J connectivity index is 1.36. The third-order valence-corrected chi connectivity index (χ3v) is 9.00. The van der Waals surface area contributed by atoms with E-state index in [0.29, 0.717) is 13.1 Å². The number of ether oxygens (including phenoxy) is 2. The quantitative estimate of drug-likeness (QED) is 0.343. The zero-order valence-corrected chi connectivity index (χ0v) is 21.9. The van der Waals surface area contributed by atoms with Crippen LogP contribution in [-0.2, 0) is 35.2 Å². The highest BCUT2D eigenvalue weighted by molar-refractivity contribution is 5.81. The lowest BCUT2D eigenvalue weighted by molar-refractivity contribution is -0.128. The molecule has 5 heterocycles. The maximum absolute atomic E-state index is 10.4. The number of nitrogens with one attached hydrogen (secondary N) is 1. The van der Waals surface area contributed by atoms with Crippen LogP contribution in [0.4, 0.5) is 5.69 Å². The van der Waals surface area contributed by atoms with Gasteiger partial charge in [0.1, 0.15) is 24.6 Å². The van der Waals surface area contributed by atoms with Crippen molar-refractivity contribution in [1.29, 1.82) is 0 Å². The minimum absolute atomic E-state index is 0.511. The molecular formula is C31H38N3O3+. The molecule has 37 heavy (non-hydrogen) atoms. The molecule has 5 aliphatic heterocycles. The van der Waals surface area contributed by atoms with Crippen molar-refractivity contribution in [2.75, 3.05) is 44.2 Å². The topological polar surface area (TPSA) is 53.8 Å². The van der Waals surface area contributed by atoms with Gasteiger partial charge in [-0.05, 0) is 75.5 Å². The molecular weight excluding hydrogens is 462 g/mol. The molecule has 5 aliphatic rings. The minimum atomic E-state index is 0.511. The van der Waals surface area contributed by atoms with E-state index in [1.54, 1.807) is 0 Å². The number of benzene rings is 2. The number of nitrogens with zero attached hydrogens (tertiary/aromatic N) is 2. The summed E-state index contributed by atoms with van der Waals surface area (Å²) in [6.07, 6.45) is 12.4. The number of aryl methyl sites for hydroxylation is 2.